The quantitative estimate of drug-likeness (QED) is 0.654. The van der Waals surface area contributed by atoms with Crippen molar-refractivity contribution in [2.45, 2.75) is 39.7 Å². The SMILES string of the molecule is CCC(CC)CNCC(C)N(C)C. The second kappa shape index (κ2) is 7.34. The van der Waals surface area contributed by atoms with Gasteiger partial charge in [0, 0.05) is 12.6 Å². The van der Waals surface area contributed by atoms with Crippen LogP contribution in [-0.4, -0.2) is 38.1 Å². The fourth-order valence-corrected chi connectivity index (χ4v) is 1.26. The Morgan fingerprint density at radius 3 is 2.00 bits per heavy atom. The van der Waals surface area contributed by atoms with Gasteiger partial charge >= 0.3 is 0 Å². The molecule has 1 unspecified atom stereocenters. The Balaban J connectivity index is 3.43. The molecule has 0 aliphatic heterocycles. The highest BCUT2D eigenvalue weighted by Gasteiger charge is 2.06. The Kier molecular flexibility index (Phi) is 7.29. The van der Waals surface area contributed by atoms with Gasteiger partial charge in [0.05, 0.1) is 0 Å². The molecule has 0 aliphatic rings. The molecule has 0 spiro atoms. The predicted molar refractivity (Wildman–Crippen MR) is 60.1 cm³/mol. The van der Waals surface area contributed by atoms with Crippen molar-refractivity contribution in [2.75, 3.05) is 27.2 Å². The van der Waals surface area contributed by atoms with Gasteiger partial charge in [-0.1, -0.05) is 26.7 Å². The largest absolute Gasteiger partial charge is 0.315 e. The molecule has 2 nitrogen and oxygen atoms in total. The maximum Gasteiger partial charge on any atom is 0.0186 e. The first-order valence-electron chi connectivity index (χ1n) is 5.48. The van der Waals surface area contributed by atoms with Crippen LogP contribution in [0.25, 0.3) is 0 Å². The summed E-state index contributed by atoms with van der Waals surface area (Å²) in [4.78, 5) is 2.25. The number of likely N-dealkylation sites (N-methyl/N-ethyl adjacent to an activating group) is 1. The van der Waals surface area contributed by atoms with Gasteiger partial charge in [0.15, 0.2) is 0 Å². The van der Waals surface area contributed by atoms with Crippen molar-refractivity contribution < 1.29 is 0 Å². The average molecular weight is 186 g/mol. The summed E-state index contributed by atoms with van der Waals surface area (Å²) in [6, 6.07) is 0.634. The monoisotopic (exact) mass is 186 g/mol. The molecule has 0 fully saturated rings. The second-order valence-electron chi connectivity index (χ2n) is 4.15. The Bertz CT molecular complexity index is 107. The van der Waals surface area contributed by atoms with Gasteiger partial charge in [0.1, 0.15) is 0 Å². The summed E-state index contributed by atoms with van der Waals surface area (Å²) >= 11 is 0. The first kappa shape index (κ1) is 12.9. The Morgan fingerprint density at radius 2 is 1.62 bits per heavy atom. The molecule has 0 rings (SSSR count). The van der Waals surface area contributed by atoms with Gasteiger partial charge < -0.3 is 10.2 Å². The van der Waals surface area contributed by atoms with Gasteiger partial charge in [-0.3, -0.25) is 0 Å². The van der Waals surface area contributed by atoms with Crippen LogP contribution in [0, 0.1) is 5.92 Å². The summed E-state index contributed by atoms with van der Waals surface area (Å²) in [7, 11) is 4.26. The molecule has 0 bridgehead atoms. The number of nitrogens with zero attached hydrogens (tertiary/aromatic N) is 1. The number of nitrogens with one attached hydrogen (secondary N) is 1. The van der Waals surface area contributed by atoms with E-state index in [1.54, 1.807) is 0 Å². The van der Waals surface area contributed by atoms with E-state index in [1.807, 2.05) is 0 Å². The van der Waals surface area contributed by atoms with E-state index in [4.69, 9.17) is 0 Å². The summed E-state index contributed by atoms with van der Waals surface area (Å²) in [5.74, 6) is 0.856. The standard InChI is InChI=1S/C11H26N2/c1-6-11(7-2)9-12-8-10(3)13(4)5/h10-12H,6-9H2,1-5H3. The van der Waals surface area contributed by atoms with Crippen LogP contribution >= 0.6 is 0 Å². The van der Waals surface area contributed by atoms with Crippen LogP contribution in [0.4, 0.5) is 0 Å². The zero-order valence-corrected chi connectivity index (χ0v) is 9.93. The van der Waals surface area contributed by atoms with E-state index >= 15 is 0 Å². The van der Waals surface area contributed by atoms with E-state index in [9.17, 15) is 0 Å². The third-order valence-electron chi connectivity index (χ3n) is 2.91. The van der Waals surface area contributed by atoms with Crippen LogP contribution in [0.2, 0.25) is 0 Å². The molecule has 0 saturated carbocycles. The molecule has 0 radical (unpaired) electrons. The summed E-state index contributed by atoms with van der Waals surface area (Å²) in [6.45, 7) is 9.06. The third kappa shape index (κ3) is 6.05. The lowest BCUT2D eigenvalue weighted by Gasteiger charge is -2.21. The smallest absolute Gasteiger partial charge is 0.0186 e. The minimum atomic E-state index is 0.634. The van der Waals surface area contributed by atoms with Crippen LogP contribution in [0.5, 0.6) is 0 Å². The molecular formula is C11H26N2. The lowest BCUT2D eigenvalue weighted by Crippen LogP contribution is -2.37. The van der Waals surface area contributed by atoms with Gasteiger partial charge in [-0.05, 0) is 33.5 Å². The second-order valence-corrected chi connectivity index (χ2v) is 4.15. The molecule has 0 aromatic carbocycles. The van der Waals surface area contributed by atoms with Crippen LogP contribution in [0.1, 0.15) is 33.6 Å². The average Bonchev–Trinajstić information content (AvgIpc) is 2.12. The zero-order chi connectivity index (χ0) is 10.3. The number of hydrogen-bond acceptors (Lipinski definition) is 2. The molecule has 1 atom stereocenters. The minimum Gasteiger partial charge on any atom is -0.315 e. The fraction of sp³-hybridized carbons (Fsp3) is 1.00. The van der Waals surface area contributed by atoms with Crippen molar-refractivity contribution in [1.29, 1.82) is 0 Å². The van der Waals surface area contributed by atoms with E-state index in [0.717, 1.165) is 12.5 Å². The molecule has 2 heteroatoms. The Hall–Kier alpha value is -0.0800. The lowest BCUT2D eigenvalue weighted by atomic mass is 10.0. The summed E-state index contributed by atoms with van der Waals surface area (Å²) in [6.07, 6.45) is 2.58. The first-order chi connectivity index (χ1) is 6.11. The predicted octanol–water partition coefficient (Wildman–Crippen LogP) is 1.96. The first-order valence-corrected chi connectivity index (χ1v) is 5.48. The van der Waals surface area contributed by atoms with Crippen LogP contribution in [0.3, 0.4) is 0 Å². The molecule has 80 valence electrons. The molecule has 0 aromatic rings. The van der Waals surface area contributed by atoms with E-state index in [2.05, 4.69) is 45.1 Å². The normalized spacial score (nSPS) is 14.1. The van der Waals surface area contributed by atoms with Crippen LogP contribution < -0.4 is 5.32 Å². The van der Waals surface area contributed by atoms with E-state index in [0.29, 0.717) is 6.04 Å². The van der Waals surface area contributed by atoms with Gasteiger partial charge in [-0.25, -0.2) is 0 Å². The molecule has 0 heterocycles. The maximum atomic E-state index is 3.53. The van der Waals surface area contributed by atoms with Gasteiger partial charge in [0.2, 0.25) is 0 Å². The van der Waals surface area contributed by atoms with Crippen molar-refractivity contribution in [1.82, 2.24) is 10.2 Å². The maximum absolute atomic E-state index is 3.53. The number of hydrogen-bond donors (Lipinski definition) is 1. The highest BCUT2D eigenvalue weighted by Crippen LogP contribution is 2.04. The molecular weight excluding hydrogens is 160 g/mol. The fourth-order valence-electron chi connectivity index (χ4n) is 1.26. The van der Waals surface area contributed by atoms with Crippen LogP contribution in [0.15, 0.2) is 0 Å². The van der Waals surface area contributed by atoms with Crippen molar-refractivity contribution >= 4 is 0 Å². The van der Waals surface area contributed by atoms with Crippen molar-refractivity contribution in [3.63, 3.8) is 0 Å². The molecule has 0 aromatic heterocycles. The van der Waals surface area contributed by atoms with E-state index < -0.39 is 0 Å². The van der Waals surface area contributed by atoms with Gasteiger partial charge in [0.25, 0.3) is 0 Å². The Labute approximate surface area is 83.7 Å². The highest BCUT2D eigenvalue weighted by molar-refractivity contribution is 4.65. The molecule has 1 N–H and O–H groups in total. The van der Waals surface area contributed by atoms with Gasteiger partial charge in [-0.2, -0.15) is 0 Å². The molecule has 0 amide bonds. The molecule has 13 heavy (non-hydrogen) atoms. The molecule has 0 saturated heterocycles. The van der Waals surface area contributed by atoms with Crippen molar-refractivity contribution in [3.05, 3.63) is 0 Å². The molecule has 0 aliphatic carbocycles. The summed E-state index contributed by atoms with van der Waals surface area (Å²) < 4.78 is 0. The van der Waals surface area contributed by atoms with Gasteiger partial charge in [-0.15, -0.1) is 0 Å². The summed E-state index contributed by atoms with van der Waals surface area (Å²) in [5.41, 5.74) is 0. The topological polar surface area (TPSA) is 15.3 Å². The van der Waals surface area contributed by atoms with Crippen LogP contribution in [-0.2, 0) is 0 Å². The number of rotatable bonds is 7. The highest BCUT2D eigenvalue weighted by atomic mass is 15.1. The van der Waals surface area contributed by atoms with Crippen molar-refractivity contribution in [2.24, 2.45) is 5.92 Å². The Morgan fingerprint density at radius 1 is 1.08 bits per heavy atom. The lowest BCUT2D eigenvalue weighted by molar-refractivity contribution is 0.295. The van der Waals surface area contributed by atoms with E-state index in [-0.39, 0.29) is 0 Å². The minimum absolute atomic E-state index is 0.634. The van der Waals surface area contributed by atoms with E-state index in [1.165, 1.54) is 19.4 Å². The summed E-state index contributed by atoms with van der Waals surface area (Å²) in [5, 5.41) is 3.53. The van der Waals surface area contributed by atoms with Crippen molar-refractivity contribution in [3.8, 4) is 0 Å². The zero-order valence-electron chi connectivity index (χ0n) is 9.93. The third-order valence-corrected chi connectivity index (χ3v) is 2.91.